The van der Waals surface area contributed by atoms with Crippen LogP contribution in [0.2, 0.25) is 0 Å². The smallest absolute Gasteiger partial charge is 0.416 e. The number of hydroxylamine groups is 1. The van der Waals surface area contributed by atoms with Crippen molar-refractivity contribution in [2.45, 2.75) is 30.0 Å². The van der Waals surface area contributed by atoms with Gasteiger partial charge >= 0.3 is 6.18 Å². The van der Waals surface area contributed by atoms with Crippen LogP contribution in [0.3, 0.4) is 0 Å². The zero-order valence-corrected chi connectivity index (χ0v) is 21.6. The van der Waals surface area contributed by atoms with Crippen molar-refractivity contribution in [3.63, 3.8) is 0 Å². The number of carbonyl (C=O) groups is 1. The number of hydrogen-bond donors (Lipinski definition) is 2. The summed E-state index contributed by atoms with van der Waals surface area (Å²) in [4.78, 5) is 13.0. The standard InChI is InChI=1S/C27H27F3N2O5S/c1-35-22-10-11-23(24(25(22)36-2)26(33)31-34)38-32-14-12-21(13-15-32)37-20-8-6-17(7-9-20)18-4-3-5-19(16-18)27(28,29)30/h3-11,16,21,34H,12-15H2,1-2H3,(H,31,33). The van der Waals surface area contributed by atoms with Crippen molar-refractivity contribution in [3.05, 3.63) is 71.8 Å². The number of alkyl halides is 3. The number of amides is 1. The Labute approximate surface area is 222 Å². The Hall–Kier alpha value is -3.41. The Morgan fingerprint density at radius 2 is 1.71 bits per heavy atom. The predicted octanol–water partition coefficient (Wildman–Crippen LogP) is 6.06. The molecular formula is C27H27F3N2O5S. The number of hydrogen-bond acceptors (Lipinski definition) is 7. The van der Waals surface area contributed by atoms with Gasteiger partial charge in [-0.2, -0.15) is 13.2 Å². The number of benzene rings is 3. The van der Waals surface area contributed by atoms with E-state index < -0.39 is 17.6 Å². The lowest BCUT2D eigenvalue weighted by atomic mass is 10.0. The molecule has 0 atom stereocenters. The van der Waals surface area contributed by atoms with Crippen LogP contribution >= 0.6 is 11.9 Å². The monoisotopic (exact) mass is 548 g/mol. The first-order chi connectivity index (χ1) is 18.2. The maximum Gasteiger partial charge on any atom is 0.416 e. The molecule has 1 saturated heterocycles. The van der Waals surface area contributed by atoms with E-state index in [0.717, 1.165) is 25.0 Å². The first-order valence-electron chi connectivity index (χ1n) is 11.8. The van der Waals surface area contributed by atoms with Crippen LogP contribution in [0.5, 0.6) is 17.2 Å². The minimum Gasteiger partial charge on any atom is -0.493 e. The number of piperidine rings is 1. The number of methoxy groups -OCH3 is 2. The molecule has 7 nitrogen and oxygen atoms in total. The Morgan fingerprint density at radius 1 is 1.00 bits per heavy atom. The van der Waals surface area contributed by atoms with Gasteiger partial charge in [0, 0.05) is 18.0 Å². The second kappa shape index (κ2) is 12.0. The van der Waals surface area contributed by atoms with E-state index >= 15 is 0 Å². The van der Waals surface area contributed by atoms with Crippen LogP contribution in [0.25, 0.3) is 11.1 Å². The average Bonchev–Trinajstić information content (AvgIpc) is 2.93. The highest BCUT2D eigenvalue weighted by Gasteiger charge is 2.30. The SMILES string of the molecule is COc1ccc(SN2CCC(Oc3ccc(-c4cccc(C(F)(F)F)c4)cc3)CC2)c(C(=O)NO)c1OC. The van der Waals surface area contributed by atoms with Gasteiger partial charge in [0.1, 0.15) is 17.4 Å². The first-order valence-corrected chi connectivity index (χ1v) is 12.6. The summed E-state index contributed by atoms with van der Waals surface area (Å²) in [6, 6.07) is 15.7. The molecule has 202 valence electrons. The molecule has 1 amide bonds. The van der Waals surface area contributed by atoms with Crippen LogP contribution in [0, 0.1) is 0 Å². The molecule has 0 aliphatic carbocycles. The van der Waals surface area contributed by atoms with E-state index in [9.17, 15) is 23.2 Å². The van der Waals surface area contributed by atoms with E-state index in [1.54, 1.807) is 47.9 Å². The minimum absolute atomic E-state index is 0.0307. The molecule has 3 aromatic rings. The average molecular weight is 549 g/mol. The quantitative estimate of drug-likeness (QED) is 0.201. The number of ether oxygens (including phenoxy) is 3. The number of rotatable bonds is 8. The number of carbonyl (C=O) groups excluding carboxylic acids is 1. The summed E-state index contributed by atoms with van der Waals surface area (Å²) >= 11 is 1.38. The summed E-state index contributed by atoms with van der Waals surface area (Å²) in [6.07, 6.45) is -2.95. The largest absolute Gasteiger partial charge is 0.493 e. The molecule has 4 rings (SSSR count). The summed E-state index contributed by atoms with van der Waals surface area (Å²) in [5.74, 6) is 0.557. The van der Waals surface area contributed by atoms with E-state index in [-0.39, 0.29) is 17.4 Å². The summed E-state index contributed by atoms with van der Waals surface area (Å²) in [6.45, 7) is 1.37. The zero-order valence-electron chi connectivity index (χ0n) is 20.7. The Bertz CT molecular complexity index is 1260. The van der Waals surface area contributed by atoms with Crippen LogP contribution in [0.1, 0.15) is 28.8 Å². The molecule has 0 aromatic heterocycles. The lowest BCUT2D eigenvalue weighted by Gasteiger charge is -2.31. The van der Waals surface area contributed by atoms with E-state index in [2.05, 4.69) is 4.31 Å². The van der Waals surface area contributed by atoms with Crippen molar-refractivity contribution in [1.29, 1.82) is 0 Å². The molecule has 0 spiro atoms. The molecule has 0 saturated carbocycles. The summed E-state index contributed by atoms with van der Waals surface area (Å²) in [5, 5.41) is 9.22. The third-order valence-electron chi connectivity index (χ3n) is 6.14. The van der Waals surface area contributed by atoms with Crippen LogP contribution in [-0.4, -0.2) is 48.8 Å². The number of halogens is 3. The van der Waals surface area contributed by atoms with Gasteiger partial charge in [-0.15, -0.1) is 0 Å². The number of nitrogens with one attached hydrogen (secondary N) is 1. The molecule has 2 N–H and O–H groups in total. The lowest BCUT2D eigenvalue weighted by Crippen LogP contribution is -2.34. The summed E-state index contributed by atoms with van der Waals surface area (Å²) in [7, 11) is 2.89. The highest BCUT2D eigenvalue weighted by atomic mass is 32.2. The molecule has 38 heavy (non-hydrogen) atoms. The molecule has 0 unspecified atom stereocenters. The summed E-state index contributed by atoms with van der Waals surface area (Å²) in [5.41, 5.74) is 2.32. The second-order valence-corrected chi connectivity index (χ2v) is 9.69. The third-order valence-corrected chi connectivity index (χ3v) is 7.30. The van der Waals surface area contributed by atoms with Crippen LogP contribution < -0.4 is 19.7 Å². The van der Waals surface area contributed by atoms with Crippen molar-refractivity contribution < 1.29 is 37.4 Å². The fraction of sp³-hybridized carbons (Fsp3) is 0.296. The highest BCUT2D eigenvalue weighted by Crippen LogP contribution is 2.40. The van der Waals surface area contributed by atoms with Gasteiger partial charge in [-0.3, -0.25) is 10.0 Å². The summed E-state index contributed by atoms with van der Waals surface area (Å²) < 4.78 is 57.9. The van der Waals surface area contributed by atoms with Gasteiger partial charge < -0.3 is 14.2 Å². The molecule has 0 radical (unpaired) electrons. The van der Waals surface area contributed by atoms with Crippen molar-refractivity contribution in [2.24, 2.45) is 0 Å². The fourth-order valence-electron chi connectivity index (χ4n) is 4.23. The van der Waals surface area contributed by atoms with Gasteiger partial charge in [0.15, 0.2) is 11.5 Å². The molecule has 1 heterocycles. The number of nitrogens with zero attached hydrogens (tertiary/aromatic N) is 1. The predicted molar refractivity (Wildman–Crippen MR) is 137 cm³/mol. The van der Waals surface area contributed by atoms with Gasteiger partial charge in [0.05, 0.1) is 19.8 Å². The van der Waals surface area contributed by atoms with Gasteiger partial charge in [-0.1, -0.05) is 24.3 Å². The van der Waals surface area contributed by atoms with E-state index in [1.165, 1.54) is 32.2 Å². The maximum atomic E-state index is 13.0. The molecule has 3 aromatic carbocycles. The molecule has 11 heteroatoms. The Balaban J connectivity index is 1.37. The molecule has 1 fully saturated rings. The fourth-order valence-corrected chi connectivity index (χ4v) is 5.31. The minimum atomic E-state index is -4.39. The van der Waals surface area contributed by atoms with E-state index in [1.807, 2.05) is 0 Å². The van der Waals surface area contributed by atoms with Crippen molar-refractivity contribution in [1.82, 2.24) is 9.79 Å². The first kappa shape index (κ1) is 27.6. The highest BCUT2D eigenvalue weighted by molar-refractivity contribution is 7.97. The van der Waals surface area contributed by atoms with Crippen molar-refractivity contribution in [3.8, 4) is 28.4 Å². The normalized spacial score (nSPS) is 14.7. The van der Waals surface area contributed by atoms with Gasteiger partial charge in [0.25, 0.3) is 5.91 Å². The van der Waals surface area contributed by atoms with Crippen LogP contribution in [0.15, 0.2) is 65.6 Å². The molecule has 0 bridgehead atoms. The van der Waals surface area contributed by atoms with Crippen LogP contribution in [0.4, 0.5) is 13.2 Å². The Morgan fingerprint density at radius 3 is 2.32 bits per heavy atom. The lowest BCUT2D eigenvalue weighted by molar-refractivity contribution is -0.137. The van der Waals surface area contributed by atoms with Gasteiger partial charge in [-0.25, -0.2) is 9.79 Å². The van der Waals surface area contributed by atoms with Crippen LogP contribution in [-0.2, 0) is 6.18 Å². The van der Waals surface area contributed by atoms with E-state index in [4.69, 9.17) is 14.2 Å². The topological polar surface area (TPSA) is 80.3 Å². The molecule has 1 aliphatic heterocycles. The second-order valence-electron chi connectivity index (χ2n) is 8.56. The maximum absolute atomic E-state index is 13.0. The molecule has 1 aliphatic rings. The molecular weight excluding hydrogens is 521 g/mol. The van der Waals surface area contributed by atoms with Gasteiger partial charge in [-0.05, 0) is 72.3 Å². The Kier molecular flexibility index (Phi) is 8.70. The zero-order chi connectivity index (χ0) is 27.3. The van der Waals surface area contributed by atoms with Crippen molar-refractivity contribution in [2.75, 3.05) is 27.3 Å². The van der Waals surface area contributed by atoms with Crippen molar-refractivity contribution >= 4 is 17.9 Å². The van der Waals surface area contributed by atoms with E-state index in [0.29, 0.717) is 40.6 Å². The third kappa shape index (κ3) is 6.35. The van der Waals surface area contributed by atoms with Gasteiger partial charge in [0.2, 0.25) is 0 Å².